The largest absolute Gasteiger partial charge is 0.462 e. The lowest BCUT2D eigenvalue weighted by Crippen LogP contribution is -2.56. The maximum Gasteiger partial charge on any atom is 0.410 e. The Kier molecular flexibility index (Phi) is 8.92. The molecule has 7 rings (SSSR count). The van der Waals surface area contributed by atoms with Crippen molar-refractivity contribution in [2.24, 2.45) is 0 Å². The summed E-state index contributed by atoms with van der Waals surface area (Å²) < 4.78 is 43.3. The maximum atomic E-state index is 16.8. The van der Waals surface area contributed by atoms with Gasteiger partial charge >= 0.3 is 12.1 Å². The number of nitriles is 1. The van der Waals surface area contributed by atoms with Crippen LogP contribution in [0.2, 0.25) is 5.02 Å². The number of carbonyl (C=O) groups is 1. The Morgan fingerprint density at radius 2 is 1.90 bits per heavy atom. The lowest BCUT2D eigenvalue weighted by atomic mass is 10.0. The molecule has 0 unspecified atom stereocenters. The van der Waals surface area contributed by atoms with E-state index in [0.29, 0.717) is 46.7 Å². The van der Waals surface area contributed by atoms with Crippen LogP contribution in [0.3, 0.4) is 0 Å². The summed E-state index contributed by atoms with van der Waals surface area (Å²) in [5.41, 5.74) is -0.411. The molecule has 13 heteroatoms. The molecule has 4 aromatic rings. The van der Waals surface area contributed by atoms with Crippen LogP contribution in [0.4, 0.5) is 19.4 Å². The second-order valence-corrected chi connectivity index (χ2v) is 14.4. The lowest BCUT2D eigenvalue weighted by Gasteiger charge is -2.41. The third kappa shape index (κ3) is 6.66. The summed E-state index contributed by atoms with van der Waals surface area (Å²) in [7, 11) is 0. The number of anilines is 1. The second-order valence-electron chi connectivity index (χ2n) is 14.0. The third-order valence-corrected chi connectivity index (χ3v) is 9.78. The monoisotopic (exact) mass is 689 g/mol. The van der Waals surface area contributed by atoms with Crippen LogP contribution >= 0.6 is 11.6 Å². The standard InChI is InChI=1S/C36H38ClF2N7O3/c1-36(2,3)49-35(47)46-17-16-44(19-23(46)13-14-40)33-26-18-41-31(25-8-4-6-21-9-12-27(38)29(37)28(21)25)30(39)32(26)42-34(43-33)48-20-24-7-5-15-45(24)22-10-11-22/h4,6,8-9,12,18,22-24H,5,7,10-11,13,15-17,19-20H2,1-3H3/t23-,24-/m0/s1. The zero-order chi connectivity index (χ0) is 34.4. The van der Waals surface area contributed by atoms with Crippen molar-refractivity contribution in [2.75, 3.05) is 37.7 Å². The van der Waals surface area contributed by atoms with Gasteiger partial charge in [0.25, 0.3) is 0 Å². The number of likely N-dealkylation sites (tertiary alicyclic amines) is 1. The molecular formula is C36H38ClF2N7O3. The van der Waals surface area contributed by atoms with Crippen molar-refractivity contribution in [1.82, 2.24) is 24.8 Å². The van der Waals surface area contributed by atoms with Crippen molar-refractivity contribution in [2.45, 2.75) is 76.6 Å². The Balaban J connectivity index is 1.29. The fourth-order valence-corrected chi connectivity index (χ4v) is 7.28. The Hall–Kier alpha value is -4.34. The van der Waals surface area contributed by atoms with Gasteiger partial charge in [-0.1, -0.05) is 35.9 Å². The van der Waals surface area contributed by atoms with Gasteiger partial charge in [-0.25, -0.2) is 13.6 Å². The number of halogens is 3. The number of hydrogen-bond donors (Lipinski definition) is 0. The van der Waals surface area contributed by atoms with Gasteiger partial charge in [0.2, 0.25) is 0 Å². The van der Waals surface area contributed by atoms with E-state index >= 15 is 4.39 Å². The number of benzene rings is 2. The summed E-state index contributed by atoms with van der Waals surface area (Å²) in [5.74, 6) is -0.954. The predicted molar refractivity (Wildman–Crippen MR) is 183 cm³/mol. The highest BCUT2D eigenvalue weighted by atomic mass is 35.5. The van der Waals surface area contributed by atoms with Crippen molar-refractivity contribution in [3.8, 4) is 23.3 Å². The number of carbonyl (C=O) groups excluding carboxylic acids is 1. The summed E-state index contributed by atoms with van der Waals surface area (Å²) >= 11 is 6.41. The number of nitrogens with zero attached hydrogens (tertiary/aromatic N) is 7. The minimum absolute atomic E-state index is 0.00796. The number of piperazine rings is 1. The van der Waals surface area contributed by atoms with E-state index in [0.717, 1.165) is 19.4 Å². The van der Waals surface area contributed by atoms with Gasteiger partial charge in [-0.15, -0.1) is 0 Å². The quantitative estimate of drug-likeness (QED) is 0.200. The molecule has 1 aliphatic carbocycles. The zero-order valence-electron chi connectivity index (χ0n) is 27.8. The Bertz CT molecular complexity index is 1960. The average molecular weight is 690 g/mol. The Labute approximate surface area is 288 Å². The number of hydrogen-bond acceptors (Lipinski definition) is 9. The van der Waals surface area contributed by atoms with Gasteiger partial charge in [0.15, 0.2) is 5.82 Å². The van der Waals surface area contributed by atoms with E-state index in [2.05, 4.69) is 20.9 Å². The Morgan fingerprint density at radius 1 is 1.08 bits per heavy atom. The van der Waals surface area contributed by atoms with Crippen molar-refractivity contribution >= 4 is 45.2 Å². The predicted octanol–water partition coefficient (Wildman–Crippen LogP) is 7.12. The molecule has 0 radical (unpaired) electrons. The van der Waals surface area contributed by atoms with Crippen LogP contribution < -0.4 is 9.64 Å². The van der Waals surface area contributed by atoms with E-state index in [1.165, 1.54) is 25.1 Å². The first kappa shape index (κ1) is 33.2. The summed E-state index contributed by atoms with van der Waals surface area (Å²) in [6.07, 6.45) is 5.54. The number of ether oxygens (including phenoxy) is 2. The summed E-state index contributed by atoms with van der Waals surface area (Å²) in [4.78, 5) is 32.9. The summed E-state index contributed by atoms with van der Waals surface area (Å²) in [5, 5.41) is 10.9. The first-order valence-corrected chi connectivity index (χ1v) is 17.1. The molecule has 256 valence electrons. The van der Waals surface area contributed by atoms with Crippen LogP contribution in [-0.4, -0.2) is 87.4 Å². The molecule has 2 aromatic carbocycles. The first-order valence-electron chi connectivity index (χ1n) is 16.8. The van der Waals surface area contributed by atoms with Crippen molar-refractivity contribution in [1.29, 1.82) is 5.26 Å². The molecule has 2 aliphatic heterocycles. The minimum Gasteiger partial charge on any atom is -0.462 e. The van der Waals surface area contributed by atoms with Gasteiger partial charge in [0, 0.05) is 48.9 Å². The zero-order valence-corrected chi connectivity index (χ0v) is 28.5. The molecule has 10 nitrogen and oxygen atoms in total. The van der Waals surface area contributed by atoms with Crippen LogP contribution in [0.25, 0.3) is 32.9 Å². The average Bonchev–Trinajstić information content (AvgIpc) is 3.81. The third-order valence-electron chi connectivity index (χ3n) is 9.41. The van der Waals surface area contributed by atoms with Gasteiger partial charge in [-0.2, -0.15) is 15.2 Å². The molecule has 2 atom stereocenters. The van der Waals surface area contributed by atoms with Crippen LogP contribution in [0.1, 0.15) is 52.9 Å². The van der Waals surface area contributed by atoms with Crippen LogP contribution in [0.5, 0.6) is 6.01 Å². The van der Waals surface area contributed by atoms with Gasteiger partial charge in [0.1, 0.15) is 35.1 Å². The molecule has 0 spiro atoms. The number of rotatable bonds is 7. The highest BCUT2D eigenvalue weighted by Gasteiger charge is 2.38. The number of aromatic nitrogens is 3. The molecule has 3 aliphatic rings. The van der Waals surface area contributed by atoms with E-state index < -0.39 is 29.4 Å². The van der Waals surface area contributed by atoms with Crippen molar-refractivity contribution in [3.05, 3.63) is 53.2 Å². The maximum absolute atomic E-state index is 16.8. The van der Waals surface area contributed by atoms with E-state index in [1.807, 2.05) is 4.90 Å². The molecule has 2 saturated heterocycles. The topological polar surface area (TPSA) is 108 Å². The molecule has 1 saturated carbocycles. The second kappa shape index (κ2) is 13.2. The van der Waals surface area contributed by atoms with Gasteiger partial charge < -0.3 is 19.3 Å². The highest BCUT2D eigenvalue weighted by molar-refractivity contribution is 6.36. The molecular weight excluding hydrogens is 652 g/mol. The Morgan fingerprint density at radius 3 is 2.65 bits per heavy atom. The number of amides is 1. The highest BCUT2D eigenvalue weighted by Crippen LogP contribution is 2.39. The van der Waals surface area contributed by atoms with Crippen LogP contribution in [-0.2, 0) is 4.74 Å². The SMILES string of the molecule is CC(C)(C)OC(=O)N1CCN(c2nc(OC[C@@H]3CCCN3C3CC3)nc3c(F)c(-c4cccc5ccc(F)c(Cl)c45)ncc23)C[C@@H]1CC#N. The van der Waals surface area contributed by atoms with Gasteiger partial charge in [-0.05, 0) is 64.5 Å². The van der Waals surface area contributed by atoms with E-state index in [9.17, 15) is 14.4 Å². The minimum atomic E-state index is -0.722. The molecule has 1 amide bonds. The smallest absolute Gasteiger partial charge is 0.410 e. The summed E-state index contributed by atoms with van der Waals surface area (Å²) in [6, 6.07) is 10.6. The molecule has 0 bridgehead atoms. The van der Waals surface area contributed by atoms with E-state index in [1.54, 1.807) is 49.9 Å². The van der Waals surface area contributed by atoms with Crippen LogP contribution in [0, 0.1) is 23.0 Å². The van der Waals surface area contributed by atoms with Crippen molar-refractivity contribution < 1.29 is 23.0 Å². The van der Waals surface area contributed by atoms with E-state index in [-0.39, 0.29) is 47.8 Å². The number of pyridine rings is 1. The molecule has 4 heterocycles. The molecule has 2 aromatic heterocycles. The van der Waals surface area contributed by atoms with Crippen molar-refractivity contribution in [3.63, 3.8) is 0 Å². The fraction of sp³-hybridized carbons (Fsp3) is 0.472. The summed E-state index contributed by atoms with van der Waals surface area (Å²) in [6.45, 7) is 7.62. The van der Waals surface area contributed by atoms with E-state index in [4.69, 9.17) is 26.1 Å². The van der Waals surface area contributed by atoms with Gasteiger partial charge in [0.05, 0.1) is 28.9 Å². The molecule has 3 fully saturated rings. The number of fused-ring (bicyclic) bond motifs is 2. The molecule has 49 heavy (non-hydrogen) atoms. The fourth-order valence-electron chi connectivity index (χ4n) is 7.01. The lowest BCUT2D eigenvalue weighted by molar-refractivity contribution is 0.0145. The first-order chi connectivity index (χ1) is 23.5. The van der Waals surface area contributed by atoms with Gasteiger partial charge in [-0.3, -0.25) is 9.88 Å². The molecule has 0 N–H and O–H groups in total. The van der Waals surface area contributed by atoms with Crippen LogP contribution in [0.15, 0.2) is 36.5 Å². The normalized spacial score (nSPS) is 20.2.